The van der Waals surface area contributed by atoms with E-state index in [9.17, 15) is 9.18 Å². The quantitative estimate of drug-likeness (QED) is 0.766. The number of carbonyl (C=O) groups is 1. The van der Waals surface area contributed by atoms with E-state index in [1.807, 2.05) is 0 Å². The summed E-state index contributed by atoms with van der Waals surface area (Å²) in [5.74, 6) is -0.248. The molecular formula is C10H13FN4O. The Morgan fingerprint density at radius 3 is 2.88 bits per heavy atom. The van der Waals surface area contributed by atoms with Crippen LogP contribution >= 0.6 is 0 Å². The van der Waals surface area contributed by atoms with Crippen LogP contribution in [0.5, 0.6) is 0 Å². The zero-order chi connectivity index (χ0) is 11.4. The molecule has 0 radical (unpaired) electrons. The van der Waals surface area contributed by atoms with Gasteiger partial charge in [0.25, 0.3) is 0 Å². The molecule has 1 N–H and O–H groups in total. The van der Waals surface area contributed by atoms with Gasteiger partial charge in [0.05, 0.1) is 6.54 Å². The number of carbonyl (C=O) groups excluding carboxylic acids is 1. The molecule has 1 aliphatic heterocycles. The second-order valence-corrected chi connectivity index (χ2v) is 3.67. The SMILES string of the molecule is O=C(CNc1cc(F)ncn1)N1CCCC1. The molecule has 1 fully saturated rings. The minimum absolute atomic E-state index is 0.0246. The summed E-state index contributed by atoms with van der Waals surface area (Å²) >= 11 is 0. The van der Waals surface area contributed by atoms with Crippen molar-refractivity contribution in [3.8, 4) is 0 Å². The highest BCUT2D eigenvalue weighted by Crippen LogP contribution is 2.08. The fourth-order valence-electron chi connectivity index (χ4n) is 1.67. The molecule has 1 aromatic rings. The summed E-state index contributed by atoms with van der Waals surface area (Å²) in [7, 11) is 0. The first-order valence-electron chi connectivity index (χ1n) is 5.25. The molecule has 0 atom stereocenters. The lowest BCUT2D eigenvalue weighted by molar-refractivity contribution is -0.128. The number of anilines is 1. The van der Waals surface area contributed by atoms with Crippen LogP contribution in [0.4, 0.5) is 10.2 Å². The minimum atomic E-state index is -0.605. The Hall–Kier alpha value is -1.72. The molecule has 2 rings (SSSR count). The van der Waals surface area contributed by atoms with Crippen LogP contribution in [0.2, 0.25) is 0 Å². The molecule has 0 saturated carbocycles. The van der Waals surface area contributed by atoms with Gasteiger partial charge >= 0.3 is 0 Å². The number of halogens is 1. The van der Waals surface area contributed by atoms with Crippen molar-refractivity contribution in [1.29, 1.82) is 0 Å². The monoisotopic (exact) mass is 224 g/mol. The van der Waals surface area contributed by atoms with Gasteiger partial charge in [0.15, 0.2) is 0 Å². The third-order valence-electron chi connectivity index (χ3n) is 2.51. The first kappa shape index (κ1) is 10.8. The molecule has 1 saturated heterocycles. The molecule has 16 heavy (non-hydrogen) atoms. The van der Waals surface area contributed by atoms with Gasteiger partial charge in [-0.05, 0) is 12.8 Å². The molecule has 2 heterocycles. The van der Waals surface area contributed by atoms with Crippen molar-refractivity contribution >= 4 is 11.7 Å². The van der Waals surface area contributed by atoms with Crippen molar-refractivity contribution in [3.63, 3.8) is 0 Å². The summed E-state index contributed by atoms with van der Waals surface area (Å²) in [5.41, 5.74) is 0. The average Bonchev–Trinajstić information content (AvgIpc) is 2.79. The summed E-state index contributed by atoms with van der Waals surface area (Å²) in [4.78, 5) is 20.6. The molecule has 6 heteroatoms. The Balaban J connectivity index is 1.84. The zero-order valence-corrected chi connectivity index (χ0v) is 8.82. The van der Waals surface area contributed by atoms with E-state index in [4.69, 9.17) is 0 Å². The molecule has 0 spiro atoms. The van der Waals surface area contributed by atoms with Crippen LogP contribution in [-0.4, -0.2) is 40.4 Å². The smallest absolute Gasteiger partial charge is 0.241 e. The van der Waals surface area contributed by atoms with Crippen molar-refractivity contribution in [2.45, 2.75) is 12.8 Å². The maximum absolute atomic E-state index is 12.7. The number of amides is 1. The van der Waals surface area contributed by atoms with Gasteiger partial charge in [0, 0.05) is 19.2 Å². The van der Waals surface area contributed by atoms with Crippen LogP contribution in [0, 0.1) is 5.95 Å². The van der Waals surface area contributed by atoms with E-state index in [1.54, 1.807) is 4.90 Å². The van der Waals surface area contributed by atoms with Gasteiger partial charge in [-0.25, -0.2) is 9.97 Å². The minimum Gasteiger partial charge on any atom is -0.361 e. The van der Waals surface area contributed by atoms with Crippen LogP contribution in [0.25, 0.3) is 0 Å². The fraction of sp³-hybridized carbons (Fsp3) is 0.500. The van der Waals surface area contributed by atoms with Gasteiger partial charge in [-0.3, -0.25) is 4.79 Å². The van der Waals surface area contributed by atoms with E-state index >= 15 is 0 Å². The van der Waals surface area contributed by atoms with E-state index in [1.165, 1.54) is 0 Å². The lowest BCUT2D eigenvalue weighted by Gasteiger charge is -2.15. The predicted molar refractivity (Wildman–Crippen MR) is 56.3 cm³/mol. The van der Waals surface area contributed by atoms with Gasteiger partial charge in [0.2, 0.25) is 11.9 Å². The highest BCUT2D eigenvalue weighted by Gasteiger charge is 2.17. The molecule has 5 nitrogen and oxygen atoms in total. The van der Waals surface area contributed by atoms with Crippen molar-refractivity contribution in [2.75, 3.05) is 25.0 Å². The van der Waals surface area contributed by atoms with Crippen molar-refractivity contribution in [3.05, 3.63) is 18.3 Å². The number of nitrogens with one attached hydrogen (secondary N) is 1. The number of likely N-dealkylation sites (tertiary alicyclic amines) is 1. The lowest BCUT2D eigenvalue weighted by Crippen LogP contribution is -2.33. The van der Waals surface area contributed by atoms with E-state index in [2.05, 4.69) is 15.3 Å². The molecule has 0 aromatic carbocycles. The first-order valence-corrected chi connectivity index (χ1v) is 5.25. The number of aromatic nitrogens is 2. The van der Waals surface area contributed by atoms with E-state index < -0.39 is 5.95 Å². The first-order chi connectivity index (χ1) is 7.75. The molecule has 0 bridgehead atoms. The Kier molecular flexibility index (Phi) is 3.28. The van der Waals surface area contributed by atoms with E-state index in [0.717, 1.165) is 38.3 Å². The second kappa shape index (κ2) is 4.87. The summed E-state index contributed by atoms with van der Waals surface area (Å²) < 4.78 is 12.7. The molecule has 1 amide bonds. The average molecular weight is 224 g/mol. The zero-order valence-electron chi connectivity index (χ0n) is 8.82. The molecule has 1 aromatic heterocycles. The van der Waals surface area contributed by atoms with Gasteiger partial charge in [-0.1, -0.05) is 0 Å². The number of rotatable bonds is 3. The second-order valence-electron chi connectivity index (χ2n) is 3.67. The van der Waals surface area contributed by atoms with Crippen LogP contribution < -0.4 is 5.32 Å². The highest BCUT2D eigenvalue weighted by atomic mass is 19.1. The third kappa shape index (κ3) is 2.65. The van der Waals surface area contributed by atoms with Crippen LogP contribution in [0.1, 0.15) is 12.8 Å². The van der Waals surface area contributed by atoms with Gasteiger partial charge in [-0.15, -0.1) is 0 Å². The molecule has 0 aliphatic carbocycles. The van der Waals surface area contributed by atoms with Crippen molar-refractivity contribution < 1.29 is 9.18 Å². The van der Waals surface area contributed by atoms with Crippen molar-refractivity contribution in [2.24, 2.45) is 0 Å². The van der Waals surface area contributed by atoms with Crippen LogP contribution in [-0.2, 0) is 4.79 Å². The van der Waals surface area contributed by atoms with E-state index in [-0.39, 0.29) is 12.5 Å². The number of hydrogen-bond acceptors (Lipinski definition) is 4. The summed E-state index contributed by atoms with van der Waals surface area (Å²) in [6.45, 7) is 1.79. The summed E-state index contributed by atoms with van der Waals surface area (Å²) in [6, 6.07) is 1.16. The molecular weight excluding hydrogens is 211 g/mol. The fourth-order valence-corrected chi connectivity index (χ4v) is 1.67. The lowest BCUT2D eigenvalue weighted by atomic mass is 10.4. The standard InChI is InChI=1S/C10H13FN4O/c11-8-5-9(14-7-13-8)12-6-10(16)15-3-1-2-4-15/h5,7H,1-4,6H2,(H,12,13,14). The highest BCUT2D eigenvalue weighted by molar-refractivity contribution is 5.80. The predicted octanol–water partition coefficient (Wildman–Crippen LogP) is 0.650. The van der Waals surface area contributed by atoms with Crippen molar-refractivity contribution in [1.82, 2.24) is 14.9 Å². The Labute approximate surface area is 92.7 Å². The maximum Gasteiger partial charge on any atom is 0.241 e. The normalized spacial score (nSPS) is 15.2. The summed E-state index contributed by atoms with van der Waals surface area (Å²) in [6.07, 6.45) is 3.25. The largest absolute Gasteiger partial charge is 0.361 e. The van der Waals surface area contributed by atoms with Gasteiger partial charge in [-0.2, -0.15) is 4.39 Å². The Morgan fingerprint density at radius 1 is 1.44 bits per heavy atom. The molecule has 1 aliphatic rings. The van der Waals surface area contributed by atoms with Crippen LogP contribution in [0.3, 0.4) is 0 Å². The van der Waals surface area contributed by atoms with Crippen LogP contribution in [0.15, 0.2) is 12.4 Å². The molecule has 86 valence electrons. The van der Waals surface area contributed by atoms with E-state index in [0.29, 0.717) is 5.82 Å². The van der Waals surface area contributed by atoms with Gasteiger partial charge < -0.3 is 10.2 Å². The molecule has 0 unspecified atom stereocenters. The van der Waals surface area contributed by atoms with Gasteiger partial charge in [0.1, 0.15) is 12.1 Å². The Morgan fingerprint density at radius 2 is 2.19 bits per heavy atom. The number of nitrogens with zero attached hydrogens (tertiary/aromatic N) is 3. The number of hydrogen-bond donors (Lipinski definition) is 1. The topological polar surface area (TPSA) is 58.1 Å². The summed E-state index contributed by atoms with van der Waals surface area (Å²) in [5, 5.41) is 2.78. The third-order valence-corrected chi connectivity index (χ3v) is 2.51. The maximum atomic E-state index is 12.7. The Bertz CT molecular complexity index is 379.